The zero-order chi connectivity index (χ0) is 13.1. The van der Waals surface area contributed by atoms with E-state index in [0.29, 0.717) is 18.0 Å². The highest BCUT2D eigenvalue weighted by molar-refractivity contribution is 5.97. The summed E-state index contributed by atoms with van der Waals surface area (Å²) < 4.78 is 0. The Labute approximate surface area is 106 Å². The van der Waals surface area contributed by atoms with Gasteiger partial charge in [0.25, 0.3) is 5.91 Å². The van der Waals surface area contributed by atoms with E-state index in [1.807, 2.05) is 19.9 Å². The summed E-state index contributed by atoms with van der Waals surface area (Å²) in [6.07, 6.45) is 1.61. The molecule has 1 aromatic carbocycles. The second-order valence-electron chi connectivity index (χ2n) is 4.69. The number of fused-ring (bicyclic) bond motifs is 1. The first-order chi connectivity index (χ1) is 8.61. The van der Waals surface area contributed by atoms with E-state index in [9.17, 15) is 4.79 Å². The van der Waals surface area contributed by atoms with E-state index in [-0.39, 0.29) is 11.9 Å². The van der Waals surface area contributed by atoms with Crippen molar-refractivity contribution in [1.29, 1.82) is 0 Å². The molecule has 0 radical (unpaired) electrons. The molecule has 0 aliphatic heterocycles. The topological polar surface area (TPSA) is 83.8 Å². The second kappa shape index (κ2) is 5.18. The van der Waals surface area contributed by atoms with Crippen LogP contribution in [-0.2, 0) is 0 Å². The third kappa shape index (κ3) is 2.51. The summed E-state index contributed by atoms with van der Waals surface area (Å²) >= 11 is 0. The van der Waals surface area contributed by atoms with Crippen LogP contribution in [0.2, 0.25) is 0 Å². The minimum Gasteiger partial charge on any atom is -0.348 e. The van der Waals surface area contributed by atoms with Crippen LogP contribution in [0.1, 0.15) is 24.2 Å². The van der Waals surface area contributed by atoms with Crippen molar-refractivity contribution in [2.45, 2.75) is 19.9 Å². The third-order valence-electron chi connectivity index (χ3n) is 3.06. The molecule has 0 saturated carbocycles. The number of carbonyl (C=O) groups is 1. The summed E-state index contributed by atoms with van der Waals surface area (Å²) in [5.41, 5.74) is 7.97. The van der Waals surface area contributed by atoms with E-state index >= 15 is 0 Å². The number of nitrogens with zero attached hydrogens (tertiary/aromatic N) is 1. The molecule has 0 aliphatic carbocycles. The summed E-state index contributed by atoms with van der Waals surface area (Å²) in [4.78, 5) is 19.2. The van der Waals surface area contributed by atoms with E-state index < -0.39 is 0 Å². The van der Waals surface area contributed by atoms with Crippen molar-refractivity contribution in [3.63, 3.8) is 0 Å². The maximum atomic E-state index is 12.1. The van der Waals surface area contributed by atoms with Crippen LogP contribution in [-0.4, -0.2) is 28.5 Å². The molecule has 4 N–H and O–H groups in total. The zero-order valence-electron chi connectivity index (χ0n) is 10.6. The van der Waals surface area contributed by atoms with Crippen molar-refractivity contribution in [2.75, 3.05) is 6.54 Å². The molecule has 18 heavy (non-hydrogen) atoms. The molecule has 0 bridgehead atoms. The van der Waals surface area contributed by atoms with Gasteiger partial charge in [-0.15, -0.1) is 0 Å². The number of nitrogens with one attached hydrogen (secondary N) is 2. The predicted molar refractivity (Wildman–Crippen MR) is 71.2 cm³/mol. The molecule has 0 saturated heterocycles. The van der Waals surface area contributed by atoms with Gasteiger partial charge in [0.1, 0.15) is 0 Å². The lowest BCUT2D eigenvalue weighted by molar-refractivity contribution is 0.0928. The van der Waals surface area contributed by atoms with Crippen LogP contribution in [0.5, 0.6) is 0 Å². The smallest absolute Gasteiger partial charge is 0.251 e. The number of imidazole rings is 1. The van der Waals surface area contributed by atoms with Crippen molar-refractivity contribution < 1.29 is 4.79 Å². The lowest BCUT2D eigenvalue weighted by Gasteiger charge is -2.20. The average Bonchev–Trinajstić information content (AvgIpc) is 2.82. The van der Waals surface area contributed by atoms with Crippen molar-refractivity contribution >= 4 is 16.9 Å². The van der Waals surface area contributed by atoms with Gasteiger partial charge in [-0.1, -0.05) is 13.8 Å². The van der Waals surface area contributed by atoms with E-state index in [1.165, 1.54) is 0 Å². The van der Waals surface area contributed by atoms with Crippen LogP contribution < -0.4 is 11.1 Å². The van der Waals surface area contributed by atoms with Crippen molar-refractivity contribution in [3.8, 4) is 0 Å². The zero-order valence-corrected chi connectivity index (χ0v) is 10.6. The molecule has 1 unspecified atom stereocenters. The molecule has 2 aromatic rings. The van der Waals surface area contributed by atoms with Crippen LogP contribution >= 0.6 is 0 Å². The summed E-state index contributed by atoms with van der Waals surface area (Å²) in [6, 6.07) is 5.39. The van der Waals surface area contributed by atoms with Gasteiger partial charge in [-0.3, -0.25) is 4.79 Å². The Morgan fingerprint density at radius 1 is 1.50 bits per heavy atom. The Hall–Kier alpha value is -1.88. The fourth-order valence-electron chi connectivity index (χ4n) is 1.83. The van der Waals surface area contributed by atoms with Crippen LogP contribution in [0.4, 0.5) is 0 Å². The fourth-order valence-corrected chi connectivity index (χ4v) is 1.83. The molecule has 0 spiro atoms. The number of nitrogens with two attached hydrogens (primary N) is 1. The van der Waals surface area contributed by atoms with Crippen LogP contribution in [0, 0.1) is 5.92 Å². The maximum absolute atomic E-state index is 12.1. The van der Waals surface area contributed by atoms with Gasteiger partial charge in [0.2, 0.25) is 0 Å². The van der Waals surface area contributed by atoms with Crippen LogP contribution in [0.15, 0.2) is 24.5 Å². The number of amides is 1. The summed E-state index contributed by atoms with van der Waals surface area (Å²) in [5.74, 6) is 0.213. The Bertz CT molecular complexity index is 547. The van der Waals surface area contributed by atoms with Crippen molar-refractivity contribution in [3.05, 3.63) is 30.1 Å². The molecule has 0 aliphatic rings. The number of benzene rings is 1. The minimum absolute atomic E-state index is 0.00466. The number of carbonyl (C=O) groups excluding carboxylic acids is 1. The highest BCUT2D eigenvalue weighted by atomic mass is 16.1. The Kier molecular flexibility index (Phi) is 3.62. The molecule has 1 heterocycles. The standard InChI is InChI=1S/C13H18N4O/c1-8(2)12(6-14)17-13(18)9-3-4-10-11(5-9)16-7-15-10/h3-5,7-8,12H,6,14H2,1-2H3,(H,15,16)(H,17,18). The summed E-state index contributed by atoms with van der Waals surface area (Å²) in [6.45, 7) is 4.52. The predicted octanol–water partition coefficient (Wildman–Crippen LogP) is 1.28. The summed E-state index contributed by atoms with van der Waals surface area (Å²) in [5, 5.41) is 2.94. The lowest BCUT2D eigenvalue weighted by Crippen LogP contribution is -2.43. The lowest BCUT2D eigenvalue weighted by atomic mass is 10.0. The normalized spacial score (nSPS) is 12.9. The molecule has 5 nitrogen and oxygen atoms in total. The van der Waals surface area contributed by atoms with Crippen molar-refractivity contribution in [1.82, 2.24) is 15.3 Å². The molecule has 1 aromatic heterocycles. The van der Waals surface area contributed by atoms with Gasteiger partial charge in [0.05, 0.1) is 17.4 Å². The van der Waals surface area contributed by atoms with E-state index in [1.54, 1.807) is 18.5 Å². The van der Waals surface area contributed by atoms with Crippen LogP contribution in [0.25, 0.3) is 11.0 Å². The molecule has 1 amide bonds. The van der Waals surface area contributed by atoms with Crippen LogP contribution in [0.3, 0.4) is 0 Å². The van der Waals surface area contributed by atoms with Gasteiger partial charge in [0.15, 0.2) is 0 Å². The van der Waals surface area contributed by atoms with E-state index in [0.717, 1.165) is 11.0 Å². The molecule has 1 atom stereocenters. The molecule has 5 heteroatoms. The number of rotatable bonds is 4. The Morgan fingerprint density at radius 3 is 2.94 bits per heavy atom. The highest BCUT2D eigenvalue weighted by Crippen LogP contribution is 2.12. The third-order valence-corrected chi connectivity index (χ3v) is 3.06. The molecular formula is C13H18N4O. The summed E-state index contributed by atoms with van der Waals surface area (Å²) in [7, 11) is 0. The first-order valence-electron chi connectivity index (χ1n) is 6.06. The maximum Gasteiger partial charge on any atom is 0.251 e. The SMILES string of the molecule is CC(C)C(CN)NC(=O)c1ccc2nc[nH]c2c1. The van der Waals surface area contributed by atoms with Gasteiger partial charge in [-0.2, -0.15) is 0 Å². The number of aromatic nitrogens is 2. The monoisotopic (exact) mass is 246 g/mol. The quantitative estimate of drug-likeness (QED) is 0.759. The number of hydrogen-bond donors (Lipinski definition) is 3. The van der Waals surface area contributed by atoms with Gasteiger partial charge >= 0.3 is 0 Å². The molecule has 0 fully saturated rings. The van der Waals surface area contributed by atoms with Gasteiger partial charge in [-0.05, 0) is 24.1 Å². The first-order valence-corrected chi connectivity index (χ1v) is 6.06. The molecular weight excluding hydrogens is 228 g/mol. The van der Waals surface area contributed by atoms with Gasteiger partial charge in [-0.25, -0.2) is 4.98 Å². The van der Waals surface area contributed by atoms with Gasteiger partial charge < -0.3 is 16.0 Å². The van der Waals surface area contributed by atoms with E-state index in [2.05, 4.69) is 15.3 Å². The number of hydrogen-bond acceptors (Lipinski definition) is 3. The van der Waals surface area contributed by atoms with Crippen molar-refractivity contribution in [2.24, 2.45) is 11.7 Å². The van der Waals surface area contributed by atoms with Gasteiger partial charge in [0, 0.05) is 18.2 Å². The fraction of sp³-hybridized carbons (Fsp3) is 0.385. The first kappa shape index (κ1) is 12.6. The van der Waals surface area contributed by atoms with E-state index in [4.69, 9.17) is 5.73 Å². The largest absolute Gasteiger partial charge is 0.348 e. The Morgan fingerprint density at radius 2 is 2.28 bits per heavy atom. The minimum atomic E-state index is -0.101. The highest BCUT2D eigenvalue weighted by Gasteiger charge is 2.15. The Balaban J connectivity index is 2.17. The second-order valence-corrected chi connectivity index (χ2v) is 4.69. The number of aromatic amines is 1. The number of H-pyrrole nitrogens is 1. The molecule has 96 valence electrons. The average molecular weight is 246 g/mol. The molecule has 2 rings (SSSR count).